The summed E-state index contributed by atoms with van der Waals surface area (Å²) in [5.74, 6) is -0.898. The molecule has 0 bridgehead atoms. The minimum Gasteiger partial charge on any atom is -0.460 e. The lowest BCUT2D eigenvalue weighted by Crippen LogP contribution is -2.16. The molecule has 0 aliphatic carbocycles. The van der Waals surface area contributed by atoms with Crippen LogP contribution in [0.1, 0.15) is 5.56 Å². The lowest BCUT2D eigenvalue weighted by atomic mass is 10.2. The van der Waals surface area contributed by atoms with E-state index in [4.69, 9.17) is 23.7 Å². The quantitative estimate of drug-likeness (QED) is 0.261. The van der Waals surface area contributed by atoms with Crippen molar-refractivity contribution in [2.75, 3.05) is 39.6 Å². The number of esters is 1. The molecular weight excluding hydrogens is 335 g/mol. The molecule has 0 amide bonds. The van der Waals surface area contributed by atoms with Crippen LogP contribution < -0.4 is 4.74 Å². The van der Waals surface area contributed by atoms with Crippen LogP contribution in [0, 0.1) is 12.7 Å². The zero-order chi connectivity index (χ0) is 18.5. The Morgan fingerprint density at radius 3 is 2.24 bits per heavy atom. The maximum Gasteiger partial charge on any atom is 0.513 e. The molecule has 0 aliphatic rings. The van der Waals surface area contributed by atoms with Gasteiger partial charge in [0.2, 0.25) is 0 Å². The van der Waals surface area contributed by atoms with Crippen LogP contribution in [0.2, 0.25) is 0 Å². The van der Waals surface area contributed by atoms with Gasteiger partial charge in [-0.25, -0.2) is 14.0 Å². The summed E-state index contributed by atoms with van der Waals surface area (Å²) in [5.41, 5.74) is 0.454. The van der Waals surface area contributed by atoms with E-state index in [1.807, 2.05) is 0 Å². The lowest BCUT2D eigenvalue weighted by Gasteiger charge is -2.08. The van der Waals surface area contributed by atoms with E-state index in [2.05, 4.69) is 6.58 Å². The van der Waals surface area contributed by atoms with E-state index in [1.54, 1.807) is 6.92 Å². The van der Waals surface area contributed by atoms with Crippen molar-refractivity contribution in [2.24, 2.45) is 0 Å². The Balaban J connectivity index is 1.98. The summed E-state index contributed by atoms with van der Waals surface area (Å²) in [6.45, 7) is 6.00. The summed E-state index contributed by atoms with van der Waals surface area (Å²) < 4.78 is 37.9. The topological polar surface area (TPSA) is 80.3 Å². The molecule has 7 nitrogen and oxygen atoms in total. The number of halogens is 1. The first kappa shape index (κ1) is 20.6. The third-order valence-corrected chi connectivity index (χ3v) is 2.80. The molecule has 1 rings (SSSR count). The van der Waals surface area contributed by atoms with E-state index < -0.39 is 17.9 Å². The Morgan fingerprint density at radius 1 is 1.04 bits per heavy atom. The van der Waals surface area contributed by atoms with Gasteiger partial charge >= 0.3 is 12.1 Å². The molecule has 0 atom stereocenters. The van der Waals surface area contributed by atoms with Crippen molar-refractivity contribution in [1.29, 1.82) is 0 Å². The van der Waals surface area contributed by atoms with Crippen molar-refractivity contribution in [3.8, 4) is 5.75 Å². The molecule has 25 heavy (non-hydrogen) atoms. The Bertz CT molecular complexity index is 574. The normalized spacial score (nSPS) is 10.2. The molecule has 1 aromatic rings. The Kier molecular flexibility index (Phi) is 9.88. The number of aryl methyl sites for hydroxylation is 1. The fraction of sp³-hybridized carbons (Fsp3) is 0.412. The molecule has 0 N–H and O–H groups in total. The van der Waals surface area contributed by atoms with E-state index in [1.165, 1.54) is 12.1 Å². The summed E-state index contributed by atoms with van der Waals surface area (Å²) in [4.78, 5) is 22.1. The maximum atomic E-state index is 13.3. The first-order chi connectivity index (χ1) is 12.0. The molecule has 0 aliphatic heterocycles. The molecular formula is C17H21FO7. The zero-order valence-electron chi connectivity index (χ0n) is 14.0. The number of carbonyl (C=O) groups is 2. The molecule has 0 heterocycles. The summed E-state index contributed by atoms with van der Waals surface area (Å²) in [5, 5.41) is 0. The molecule has 0 aromatic heterocycles. The van der Waals surface area contributed by atoms with Gasteiger partial charge in [0.15, 0.2) is 0 Å². The summed E-state index contributed by atoms with van der Waals surface area (Å²) in [6, 6.07) is 4.08. The van der Waals surface area contributed by atoms with Crippen LogP contribution in [-0.4, -0.2) is 51.8 Å². The van der Waals surface area contributed by atoms with Crippen LogP contribution in [-0.2, 0) is 23.7 Å². The van der Waals surface area contributed by atoms with Gasteiger partial charge in [-0.1, -0.05) is 12.6 Å². The third kappa shape index (κ3) is 9.43. The predicted molar refractivity (Wildman–Crippen MR) is 85.9 cm³/mol. The van der Waals surface area contributed by atoms with Gasteiger partial charge in [-0.2, -0.15) is 0 Å². The van der Waals surface area contributed by atoms with Gasteiger partial charge < -0.3 is 23.7 Å². The third-order valence-electron chi connectivity index (χ3n) is 2.80. The van der Waals surface area contributed by atoms with Crippen molar-refractivity contribution in [3.63, 3.8) is 0 Å². The average Bonchev–Trinajstić information content (AvgIpc) is 2.59. The van der Waals surface area contributed by atoms with Gasteiger partial charge in [0.1, 0.15) is 24.8 Å². The Morgan fingerprint density at radius 2 is 1.64 bits per heavy atom. The summed E-state index contributed by atoms with van der Waals surface area (Å²) in [7, 11) is 0. The molecule has 0 unspecified atom stereocenters. The van der Waals surface area contributed by atoms with Crippen LogP contribution in [0.4, 0.5) is 9.18 Å². The molecule has 8 heteroatoms. The average molecular weight is 356 g/mol. The van der Waals surface area contributed by atoms with Crippen LogP contribution in [0.25, 0.3) is 0 Å². The summed E-state index contributed by atoms with van der Waals surface area (Å²) >= 11 is 0. The van der Waals surface area contributed by atoms with Crippen molar-refractivity contribution in [1.82, 2.24) is 0 Å². The first-order valence-corrected chi connectivity index (χ1v) is 7.58. The SMILES string of the molecule is C=CC(=O)OCCOCCOCCOC(=O)Oc1ccc(C)c(F)c1. The first-order valence-electron chi connectivity index (χ1n) is 7.58. The minimum absolute atomic E-state index is 0.00980. The maximum absolute atomic E-state index is 13.3. The fourth-order valence-electron chi connectivity index (χ4n) is 1.53. The molecule has 0 saturated heterocycles. The molecule has 0 spiro atoms. The van der Waals surface area contributed by atoms with Crippen LogP contribution in [0.15, 0.2) is 30.9 Å². The highest BCUT2D eigenvalue weighted by molar-refractivity contribution is 5.81. The highest BCUT2D eigenvalue weighted by Crippen LogP contribution is 2.16. The van der Waals surface area contributed by atoms with E-state index in [0.717, 1.165) is 12.1 Å². The van der Waals surface area contributed by atoms with Crippen LogP contribution in [0.3, 0.4) is 0 Å². The number of rotatable bonds is 11. The second-order valence-corrected chi connectivity index (χ2v) is 4.71. The Labute approximate surface area is 145 Å². The minimum atomic E-state index is -0.938. The standard InChI is InChI=1S/C17H21FO7/c1-3-16(19)23-10-8-21-6-7-22-9-11-24-17(20)25-14-5-4-13(2)15(18)12-14/h3-5,12H,1,6-11H2,2H3. The highest BCUT2D eigenvalue weighted by atomic mass is 19.1. The highest BCUT2D eigenvalue weighted by Gasteiger charge is 2.07. The fourth-order valence-corrected chi connectivity index (χ4v) is 1.53. The van der Waals surface area contributed by atoms with Crippen molar-refractivity contribution < 1.29 is 37.7 Å². The number of carbonyl (C=O) groups excluding carboxylic acids is 2. The predicted octanol–water partition coefficient (Wildman–Crippen LogP) is 2.41. The van der Waals surface area contributed by atoms with Crippen LogP contribution in [0.5, 0.6) is 5.75 Å². The van der Waals surface area contributed by atoms with Gasteiger partial charge in [0.05, 0.1) is 26.4 Å². The molecule has 0 radical (unpaired) electrons. The number of benzene rings is 1. The van der Waals surface area contributed by atoms with Gasteiger partial charge in [0.25, 0.3) is 0 Å². The second kappa shape index (κ2) is 12.0. The van der Waals surface area contributed by atoms with Gasteiger partial charge in [-0.3, -0.25) is 0 Å². The molecule has 1 aromatic carbocycles. The number of ether oxygens (including phenoxy) is 5. The Hall–Kier alpha value is -2.45. The van der Waals surface area contributed by atoms with Crippen molar-refractivity contribution in [2.45, 2.75) is 6.92 Å². The molecule has 0 fully saturated rings. The van der Waals surface area contributed by atoms with E-state index in [0.29, 0.717) is 12.2 Å². The van der Waals surface area contributed by atoms with E-state index in [9.17, 15) is 14.0 Å². The molecule has 0 saturated carbocycles. The van der Waals surface area contributed by atoms with Crippen molar-refractivity contribution >= 4 is 12.1 Å². The van der Waals surface area contributed by atoms with E-state index in [-0.39, 0.29) is 38.8 Å². The summed E-state index contributed by atoms with van der Waals surface area (Å²) in [6.07, 6.45) is 0.135. The van der Waals surface area contributed by atoms with E-state index >= 15 is 0 Å². The number of hydrogen-bond donors (Lipinski definition) is 0. The van der Waals surface area contributed by atoms with Crippen LogP contribution >= 0.6 is 0 Å². The zero-order valence-corrected chi connectivity index (χ0v) is 14.0. The monoisotopic (exact) mass is 356 g/mol. The lowest BCUT2D eigenvalue weighted by molar-refractivity contribution is -0.139. The van der Waals surface area contributed by atoms with Gasteiger partial charge in [-0.15, -0.1) is 0 Å². The smallest absolute Gasteiger partial charge is 0.460 e. The molecule has 138 valence electrons. The van der Waals surface area contributed by atoms with Crippen molar-refractivity contribution in [3.05, 3.63) is 42.2 Å². The van der Waals surface area contributed by atoms with Gasteiger partial charge in [-0.05, 0) is 18.6 Å². The van der Waals surface area contributed by atoms with Gasteiger partial charge in [0, 0.05) is 12.1 Å². The number of hydrogen-bond acceptors (Lipinski definition) is 7. The largest absolute Gasteiger partial charge is 0.513 e. The second-order valence-electron chi connectivity index (χ2n) is 4.71.